The van der Waals surface area contributed by atoms with Gasteiger partial charge in [-0.15, -0.1) is 0 Å². The molecule has 1 N–H and O–H groups in total. The van der Waals surface area contributed by atoms with Crippen LogP contribution in [0.3, 0.4) is 0 Å². The number of methoxy groups -OCH3 is 2. The first kappa shape index (κ1) is 19.7. The van der Waals surface area contributed by atoms with Crippen LogP contribution in [0.2, 0.25) is 0 Å². The number of ether oxygens (including phenoxy) is 3. The van der Waals surface area contributed by atoms with E-state index in [1.54, 1.807) is 21.1 Å². The van der Waals surface area contributed by atoms with Gasteiger partial charge in [-0.05, 0) is 30.2 Å². The molecule has 0 saturated heterocycles. The van der Waals surface area contributed by atoms with Gasteiger partial charge in [0.1, 0.15) is 6.61 Å². The zero-order valence-electron chi connectivity index (χ0n) is 16.4. The highest BCUT2D eigenvalue weighted by atomic mass is 16.5. The summed E-state index contributed by atoms with van der Waals surface area (Å²) in [5, 5.41) is 7.15. The predicted molar refractivity (Wildman–Crippen MR) is 105 cm³/mol. The van der Waals surface area contributed by atoms with Crippen molar-refractivity contribution in [2.75, 3.05) is 20.8 Å². The van der Waals surface area contributed by atoms with Gasteiger partial charge in [0.25, 0.3) is 0 Å². The fourth-order valence-electron chi connectivity index (χ4n) is 2.78. The summed E-state index contributed by atoms with van der Waals surface area (Å²) in [7, 11) is 3.25. The predicted octanol–water partition coefficient (Wildman–Crippen LogP) is 3.31. The van der Waals surface area contributed by atoms with E-state index < -0.39 is 0 Å². The molecule has 0 saturated carbocycles. The molecular weight excluding hydrogens is 358 g/mol. The Kier molecular flexibility index (Phi) is 6.86. The highest BCUT2D eigenvalue weighted by Gasteiger charge is 2.14. The van der Waals surface area contributed by atoms with Crippen molar-refractivity contribution < 1.29 is 18.7 Å². The molecule has 28 heavy (non-hydrogen) atoms. The fourth-order valence-corrected chi connectivity index (χ4v) is 2.78. The smallest absolute Gasteiger partial charge is 0.227 e. The number of hydrogen-bond acceptors (Lipinski definition) is 7. The molecule has 3 rings (SSSR count). The van der Waals surface area contributed by atoms with Crippen LogP contribution < -0.4 is 19.5 Å². The van der Waals surface area contributed by atoms with Crippen LogP contribution in [0.1, 0.15) is 22.8 Å². The Balaban J connectivity index is 1.62. The van der Waals surface area contributed by atoms with E-state index in [0.717, 1.165) is 17.7 Å². The zero-order chi connectivity index (χ0) is 19.8. The van der Waals surface area contributed by atoms with Crippen molar-refractivity contribution in [2.45, 2.75) is 26.5 Å². The van der Waals surface area contributed by atoms with Crippen LogP contribution in [0, 0.1) is 6.92 Å². The molecule has 1 heterocycles. The van der Waals surface area contributed by atoms with Gasteiger partial charge in [0.15, 0.2) is 17.3 Å². The summed E-state index contributed by atoms with van der Waals surface area (Å²) in [6, 6.07) is 13.9. The molecule has 0 aliphatic heterocycles. The van der Waals surface area contributed by atoms with Crippen LogP contribution >= 0.6 is 0 Å². The average molecular weight is 383 g/mol. The second-order valence-electron chi connectivity index (χ2n) is 6.27. The number of aromatic nitrogens is 2. The lowest BCUT2D eigenvalue weighted by Crippen LogP contribution is -2.17. The van der Waals surface area contributed by atoms with Gasteiger partial charge in [0.05, 0.1) is 14.2 Å². The summed E-state index contributed by atoms with van der Waals surface area (Å²) in [4.78, 5) is 4.19. The molecule has 2 aromatic carbocycles. The maximum absolute atomic E-state index is 5.98. The molecule has 0 spiro atoms. The number of hydrogen-bond donors (Lipinski definition) is 1. The monoisotopic (exact) mass is 383 g/mol. The van der Waals surface area contributed by atoms with Crippen LogP contribution in [0.25, 0.3) is 0 Å². The minimum atomic E-state index is 0.439. The first-order valence-corrected chi connectivity index (χ1v) is 9.11. The van der Waals surface area contributed by atoms with Crippen molar-refractivity contribution in [3.05, 3.63) is 65.3 Å². The third kappa shape index (κ3) is 5.23. The first-order chi connectivity index (χ1) is 13.7. The molecule has 0 radical (unpaired) electrons. The molecule has 0 atom stereocenters. The standard InChI is InChI=1S/C21H25N3O4/c1-15-23-20(28-24-15)9-10-22-13-17-11-18(25-2)21(19(12-17)26-3)27-14-16-7-5-4-6-8-16/h4-8,11-12,22H,9-10,13-14H2,1-3H3. The van der Waals surface area contributed by atoms with Gasteiger partial charge in [0.2, 0.25) is 11.6 Å². The Morgan fingerprint density at radius 3 is 2.32 bits per heavy atom. The normalized spacial score (nSPS) is 10.7. The Bertz CT molecular complexity index is 855. The van der Waals surface area contributed by atoms with E-state index in [0.29, 0.717) is 48.5 Å². The second kappa shape index (κ2) is 9.75. The van der Waals surface area contributed by atoms with Crippen molar-refractivity contribution >= 4 is 0 Å². The first-order valence-electron chi connectivity index (χ1n) is 9.11. The molecule has 148 valence electrons. The van der Waals surface area contributed by atoms with Crippen LogP contribution in [0.4, 0.5) is 0 Å². The lowest BCUT2D eigenvalue weighted by Gasteiger charge is -2.16. The zero-order valence-corrected chi connectivity index (χ0v) is 16.4. The average Bonchev–Trinajstić information content (AvgIpc) is 3.15. The third-order valence-electron chi connectivity index (χ3n) is 4.16. The summed E-state index contributed by atoms with van der Waals surface area (Å²) in [6.45, 7) is 3.62. The Hall–Kier alpha value is -3.06. The molecule has 0 fully saturated rings. The highest BCUT2D eigenvalue weighted by Crippen LogP contribution is 2.39. The summed E-state index contributed by atoms with van der Waals surface area (Å²) in [5.74, 6) is 3.15. The molecular formula is C21H25N3O4. The number of benzene rings is 2. The van der Waals surface area contributed by atoms with E-state index in [1.807, 2.05) is 42.5 Å². The van der Waals surface area contributed by atoms with Gasteiger partial charge >= 0.3 is 0 Å². The lowest BCUT2D eigenvalue weighted by atomic mass is 10.1. The molecule has 7 heteroatoms. The quantitative estimate of drug-likeness (QED) is 0.538. The van der Waals surface area contributed by atoms with Gasteiger partial charge in [-0.1, -0.05) is 35.5 Å². The molecule has 3 aromatic rings. The molecule has 0 amide bonds. The fraction of sp³-hybridized carbons (Fsp3) is 0.333. The van der Waals surface area contributed by atoms with Gasteiger partial charge < -0.3 is 24.1 Å². The SMILES string of the molecule is COc1cc(CNCCc2nc(C)no2)cc(OC)c1OCc1ccccc1. The maximum Gasteiger partial charge on any atom is 0.227 e. The van der Waals surface area contributed by atoms with Crippen LogP contribution in [0.5, 0.6) is 17.2 Å². The van der Waals surface area contributed by atoms with Crippen molar-refractivity contribution in [1.82, 2.24) is 15.5 Å². The molecule has 7 nitrogen and oxygen atoms in total. The van der Waals surface area contributed by atoms with Gasteiger partial charge in [-0.25, -0.2) is 0 Å². The number of rotatable bonds is 10. The summed E-state index contributed by atoms with van der Waals surface area (Å²) < 4.78 is 22.1. The van der Waals surface area contributed by atoms with E-state index in [-0.39, 0.29) is 0 Å². The largest absolute Gasteiger partial charge is 0.493 e. The van der Waals surface area contributed by atoms with Crippen molar-refractivity contribution in [2.24, 2.45) is 0 Å². The van der Waals surface area contributed by atoms with E-state index in [9.17, 15) is 0 Å². The van der Waals surface area contributed by atoms with Crippen LogP contribution in [-0.2, 0) is 19.6 Å². The molecule has 0 aliphatic rings. The van der Waals surface area contributed by atoms with Crippen LogP contribution in [0.15, 0.2) is 47.0 Å². The van der Waals surface area contributed by atoms with E-state index in [4.69, 9.17) is 18.7 Å². The third-order valence-corrected chi connectivity index (χ3v) is 4.16. The van der Waals surface area contributed by atoms with Gasteiger partial charge in [-0.2, -0.15) is 4.98 Å². The van der Waals surface area contributed by atoms with Crippen molar-refractivity contribution in [1.29, 1.82) is 0 Å². The van der Waals surface area contributed by atoms with Gasteiger partial charge in [-0.3, -0.25) is 0 Å². The topological polar surface area (TPSA) is 78.6 Å². The Morgan fingerprint density at radius 1 is 1.00 bits per heavy atom. The lowest BCUT2D eigenvalue weighted by molar-refractivity contribution is 0.265. The minimum Gasteiger partial charge on any atom is -0.493 e. The van der Waals surface area contributed by atoms with E-state index >= 15 is 0 Å². The molecule has 0 unspecified atom stereocenters. The maximum atomic E-state index is 5.98. The van der Waals surface area contributed by atoms with Gasteiger partial charge in [0, 0.05) is 19.5 Å². The van der Waals surface area contributed by atoms with Crippen molar-refractivity contribution in [3.8, 4) is 17.2 Å². The summed E-state index contributed by atoms with van der Waals surface area (Å²) in [5.41, 5.74) is 2.11. The Labute approximate surface area is 164 Å². The van der Waals surface area contributed by atoms with E-state index in [1.165, 1.54) is 0 Å². The van der Waals surface area contributed by atoms with Crippen LogP contribution in [-0.4, -0.2) is 30.9 Å². The number of nitrogens with one attached hydrogen (secondary N) is 1. The highest BCUT2D eigenvalue weighted by molar-refractivity contribution is 5.54. The molecule has 0 bridgehead atoms. The summed E-state index contributed by atoms with van der Waals surface area (Å²) >= 11 is 0. The second-order valence-corrected chi connectivity index (χ2v) is 6.27. The minimum absolute atomic E-state index is 0.439. The molecule has 0 aliphatic carbocycles. The number of nitrogens with zero attached hydrogens (tertiary/aromatic N) is 2. The van der Waals surface area contributed by atoms with Crippen molar-refractivity contribution in [3.63, 3.8) is 0 Å². The Morgan fingerprint density at radius 2 is 1.71 bits per heavy atom. The number of aryl methyl sites for hydroxylation is 1. The van der Waals surface area contributed by atoms with E-state index in [2.05, 4.69) is 15.5 Å². The summed E-state index contributed by atoms with van der Waals surface area (Å²) in [6.07, 6.45) is 0.674. The molecule has 1 aromatic heterocycles.